The minimum atomic E-state index is -0.900. The quantitative estimate of drug-likeness (QED) is 0.748. The number of unbranched alkanes of at least 4 members (excludes halogenated alkanes) is 1. The molecule has 0 spiro atoms. The second-order valence-electron chi connectivity index (χ2n) is 5.55. The molecule has 0 unspecified atom stereocenters. The molecule has 0 fully saturated rings. The van der Waals surface area contributed by atoms with Crippen molar-refractivity contribution < 1.29 is 18.3 Å². The Morgan fingerprint density at radius 1 is 1.13 bits per heavy atom. The summed E-state index contributed by atoms with van der Waals surface area (Å²) in [6.45, 7) is 2.14. The Balaban J connectivity index is 1.84. The van der Waals surface area contributed by atoms with Crippen LogP contribution in [0.15, 0.2) is 42.2 Å². The van der Waals surface area contributed by atoms with E-state index >= 15 is 0 Å². The van der Waals surface area contributed by atoms with Crippen molar-refractivity contribution in [2.24, 2.45) is 0 Å². The van der Waals surface area contributed by atoms with Crippen LogP contribution in [0.5, 0.6) is 5.75 Å². The molecule has 0 radical (unpaired) electrons. The number of hydrogen-bond donors (Lipinski definition) is 0. The van der Waals surface area contributed by atoms with Gasteiger partial charge in [0.1, 0.15) is 22.9 Å². The van der Waals surface area contributed by atoms with Crippen molar-refractivity contribution in [2.75, 3.05) is 0 Å². The van der Waals surface area contributed by atoms with Gasteiger partial charge in [0, 0.05) is 12.1 Å². The predicted octanol–water partition coefficient (Wildman–Crippen LogP) is 4.92. The normalized spacial score (nSPS) is 14.9. The van der Waals surface area contributed by atoms with Gasteiger partial charge in [-0.05, 0) is 30.0 Å². The first-order chi connectivity index (χ1) is 11.1. The second kappa shape index (κ2) is 6.32. The van der Waals surface area contributed by atoms with Gasteiger partial charge in [0.2, 0.25) is 5.78 Å². The Hall–Kier alpha value is -2.49. The number of Topliss-reactive ketones (excluding diaryl/α,β-unsaturated/α-hetero) is 1. The monoisotopic (exact) mass is 314 g/mol. The van der Waals surface area contributed by atoms with Crippen LogP contribution in [0.3, 0.4) is 0 Å². The Morgan fingerprint density at radius 3 is 2.57 bits per heavy atom. The molecule has 2 aromatic carbocycles. The zero-order valence-electron chi connectivity index (χ0n) is 12.7. The number of carbonyl (C=O) groups is 1. The number of rotatable bonds is 4. The molecule has 0 amide bonds. The van der Waals surface area contributed by atoms with Crippen LogP contribution in [0.2, 0.25) is 0 Å². The lowest BCUT2D eigenvalue weighted by Gasteiger charge is -2.02. The fraction of sp³-hybridized carbons (Fsp3) is 0.211. The number of allylic oxidation sites excluding steroid dienone is 1. The summed E-state index contributed by atoms with van der Waals surface area (Å²) < 4.78 is 32.2. The molecule has 0 atom stereocenters. The Labute approximate surface area is 133 Å². The lowest BCUT2D eigenvalue weighted by atomic mass is 10.0. The van der Waals surface area contributed by atoms with Crippen molar-refractivity contribution in [2.45, 2.75) is 26.2 Å². The minimum absolute atomic E-state index is 0.00538. The first-order valence-corrected chi connectivity index (χ1v) is 7.60. The van der Waals surface area contributed by atoms with Gasteiger partial charge in [0.15, 0.2) is 5.76 Å². The molecule has 4 heteroatoms. The highest BCUT2D eigenvalue weighted by atomic mass is 19.1. The van der Waals surface area contributed by atoms with Gasteiger partial charge in [0.25, 0.3) is 0 Å². The molecule has 0 aliphatic carbocycles. The van der Waals surface area contributed by atoms with Gasteiger partial charge in [-0.1, -0.05) is 37.6 Å². The van der Waals surface area contributed by atoms with Crippen LogP contribution in [0.1, 0.15) is 41.3 Å². The van der Waals surface area contributed by atoms with Crippen LogP contribution in [0.4, 0.5) is 8.78 Å². The van der Waals surface area contributed by atoms with Crippen LogP contribution in [-0.2, 0) is 6.42 Å². The third-order valence-electron chi connectivity index (χ3n) is 3.79. The molecule has 0 N–H and O–H groups in total. The van der Waals surface area contributed by atoms with E-state index in [1.54, 1.807) is 6.08 Å². The van der Waals surface area contributed by atoms with Crippen molar-refractivity contribution in [1.82, 2.24) is 0 Å². The number of halogens is 2. The SMILES string of the molecule is CCCCc1ccc(/C=C2\Oc3cc(F)cc(F)c3C2=O)cc1. The molecule has 1 aliphatic rings. The van der Waals surface area contributed by atoms with Crippen LogP contribution < -0.4 is 4.74 Å². The predicted molar refractivity (Wildman–Crippen MR) is 84.3 cm³/mol. The number of carbonyl (C=O) groups excluding carboxylic acids is 1. The van der Waals surface area contributed by atoms with E-state index in [9.17, 15) is 13.6 Å². The number of ketones is 1. The van der Waals surface area contributed by atoms with E-state index in [0.717, 1.165) is 30.9 Å². The maximum atomic E-state index is 13.7. The Morgan fingerprint density at radius 2 is 1.87 bits per heavy atom. The second-order valence-corrected chi connectivity index (χ2v) is 5.55. The maximum absolute atomic E-state index is 13.7. The van der Waals surface area contributed by atoms with Crippen LogP contribution >= 0.6 is 0 Å². The van der Waals surface area contributed by atoms with E-state index in [0.29, 0.717) is 6.07 Å². The van der Waals surface area contributed by atoms with E-state index in [2.05, 4.69) is 6.92 Å². The van der Waals surface area contributed by atoms with E-state index in [1.165, 1.54) is 5.56 Å². The van der Waals surface area contributed by atoms with Crippen molar-refractivity contribution in [3.63, 3.8) is 0 Å². The standard InChI is InChI=1S/C19H16F2O2/c1-2-3-4-12-5-7-13(8-6-12)9-17-19(22)18-15(21)10-14(20)11-16(18)23-17/h5-11H,2-4H2,1H3/b17-9-. The Kier molecular flexibility index (Phi) is 4.24. The molecule has 1 aliphatic heterocycles. The zero-order chi connectivity index (χ0) is 16.4. The molecule has 0 bridgehead atoms. The smallest absolute Gasteiger partial charge is 0.234 e. The number of aryl methyl sites for hydroxylation is 1. The van der Waals surface area contributed by atoms with Gasteiger partial charge in [-0.2, -0.15) is 0 Å². The molecule has 0 saturated carbocycles. The lowest BCUT2D eigenvalue weighted by Crippen LogP contribution is -2.00. The zero-order valence-corrected chi connectivity index (χ0v) is 12.7. The molecule has 3 rings (SSSR count). The van der Waals surface area contributed by atoms with Crippen molar-refractivity contribution in [1.29, 1.82) is 0 Å². The van der Waals surface area contributed by atoms with Gasteiger partial charge < -0.3 is 4.74 Å². The average molecular weight is 314 g/mol. The summed E-state index contributed by atoms with van der Waals surface area (Å²) in [6, 6.07) is 9.46. The summed E-state index contributed by atoms with van der Waals surface area (Å²) in [6.07, 6.45) is 4.82. The molecule has 118 valence electrons. The molecule has 1 heterocycles. The fourth-order valence-electron chi connectivity index (χ4n) is 2.55. The molecular weight excluding hydrogens is 298 g/mol. The highest BCUT2D eigenvalue weighted by Gasteiger charge is 2.31. The summed E-state index contributed by atoms with van der Waals surface area (Å²) in [7, 11) is 0. The Bertz CT molecular complexity index is 777. The highest BCUT2D eigenvalue weighted by Crippen LogP contribution is 2.34. The summed E-state index contributed by atoms with van der Waals surface area (Å²) in [5.41, 5.74) is 1.79. The summed E-state index contributed by atoms with van der Waals surface area (Å²) >= 11 is 0. The largest absolute Gasteiger partial charge is 0.452 e. The fourth-order valence-corrected chi connectivity index (χ4v) is 2.55. The van der Waals surface area contributed by atoms with Gasteiger partial charge in [-0.25, -0.2) is 8.78 Å². The van der Waals surface area contributed by atoms with Crippen LogP contribution in [-0.4, -0.2) is 5.78 Å². The van der Waals surface area contributed by atoms with E-state index in [1.807, 2.05) is 24.3 Å². The van der Waals surface area contributed by atoms with Crippen LogP contribution in [0, 0.1) is 11.6 Å². The summed E-state index contributed by atoms with van der Waals surface area (Å²) in [5.74, 6) is -2.30. The van der Waals surface area contributed by atoms with Gasteiger partial charge in [-0.3, -0.25) is 4.79 Å². The topological polar surface area (TPSA) is 26.3 Å². The molecule has 0 aromatic heterocycles. The van der Waals surface area contributed by atoms with Crippen molar-refractivity contribution >= 4 is 11.9 Å². The van der Waals surface area contributed by atoms with E-state index in [4.69, 9.17) is 4.74 Å². The average Bonchev–Trinajstić information content (AvgIpc) is 2.82. The molecule has 0 saturated heterocycles. The van der Waals surface area contributed by atoms with E-state index in [-0.39, 0.29) is 17.1 Å². The number of hydrogen-bond acceptors (Lipinski definition) is 2. The van der Waals surface area contributed by atoms with Crippen molar-refractivity contribution in [3.05, 3.63) is 70.5 Å². The lowest BCUT2D eigenvalue weighted by molar-refractivity contribution is 0.101. The number of ether oxygens (including phenoxy) is 1. The molecule has 2 aromatic rings. The van der Waals surface area contributed by atoms with Gasteiger partial charge >= 0.3 is 0 Å². The van der Waals surface area contributed by atoms with Crippen LogP contribution in [0.25, 0.3) is 6.08 Å². The summed E-state index contributed by atoms with van der Waals surface area (Å²) in [5, 5.41) is 0. The first-order valence-electron chi connectivity index (χ1n) is 7.60. The number of benzene rings is 2. The summed E-state index contributed by atoms with van der Waals surface area (Å²) in [4.78, 5) is 12.2. The number of fused-ring (bicyclic) bond motifs is 1. The molecule has 2 nitrogen and oxygen atoms in total. The third kappa shape index (κ3) is 3.16. The van der Waals surface area contributed by atoms with Gasteiger partial charge in [0.05, 0.1) is 0 Å². The maximum Gasteiger partial charge on any atom is 0.234 e. The van der Waals surface area contributed by atoms with E-state index < -0.39 is 17.4 Å². The van der Waals surface area contributed by atoms with Crippen molar-refractivity contribution in [3.8, 4) is 5.75 Å². The third-order valence-corrected chi connectivity index (χ3v) is 3.79. The first kappa shape index (κ1) is 15.4. The van der Waals surface area contributed by atoms with Gasteiger partial charge in [-0.15, -0.1) is 0 Å². The highest BCUT2D eigenvalue weighted by molar-refractivity contribution is 6.14. The molecule has 23 heavy (non-hydrogen) atoms. The minimum Gasteiger partial charge on any atom is -0.452 e. The molecular formula is C19H16F2O2.